The topological polar surface area (TPSA) is 26.3 Å². The molecule has 0 spiro atoms. The molecule has 0 aromatic heterocycles. The second-order valence-electron chi connectivity index (χ2n) is 7.06. The van der Waals surface area contributed by atoms with Gasteiger partial charge in [0.25, 0.3) is 0 Å². The van der Waals surface area contributed by atoms with Crippen LogP contribution in [-0.2, 0) is 22.4 Å². The smallest absolute Gasteiger partial charge is 0.170 e. The molecule has 0 aliphatic heterocycles. The Labute approximate surface area is 140 Å². The number of ketones is 1. The lowest BCUT2D eigenvalue weighted by Crippen LogP contribution is -2.14. The largest absolute Gasteiger partial charge is 0.500 e. The highest BCUT2D eigenvalue weighted by Gasteiger charge is 2.36. The van der Waals surface area contributed by atoms with E-state index in [1.54, 1.807) is 7.11 Å². The number of hydrogen-bond acceptors (Lipinski definition) is 2. The molecule has 23 heavy (non-hydrogen) atoms. The maximum absolute atomic E-state index is 13.1. The Balaban J connectivity index is 2.57. The average Bonchev–Trinajstić information content (AvgIpc) is 2.81. The minimum Gasteiger partial charge on any atom is -0.500 e. The summed E-state index contributed by atoms with van der Waals surface area (Å²) >= 11 is 0. The number of carbonyl (C=O) groups excluding carboxylic acids is 1. The average molecular weight is 314 g/mol. The van der Waals surface area contributed by atoms with Gasteiger partial charge in [-0.1, -0.05) is 45.4 Å². The number of ether oxygens (including phenoxy) is 1. The molecule has 1 unspecified atom stereocenters. The van der Waals surface area contributed by atoms with E-state index in [1.807, 2.05) is 0 Å². The zero-order valence-electron chi connectivity index (χ0n) is 15.5. The van der Waals surface area contributed by atoms with E-state index >= 15 is 0 Å². The molecule has 2 rings (SSSR count). The first kappa shape index (κ1) is 17.8. The number of allylic oxidation sites excluding steroid dienone is 2. The van der Waals surface area contributed by atoms with Crippen LogP contribution < -0.4 is 0 Å². The van der Waals surface area contributed by atoms with Crippen LogP contribution in [0.2, 0.25) is 0 Å². The van der Waals surface area contributed by atoms with E-state index in [0.29, 0.717) is 5.92 Å². The highest BCUT2D eigenvalue weighted by atomic mass is 16.5. The van der Waals surface area contributed by atoms with Crippen LogP contribution in [0.25, 0.3) is 5.57 Å². The molecule has 1 aromatic carbocycles. The van der Waals surface area contributed by atoms with Crippen molar-refractivity contribution in [3.8, 4) is 0 Å². The van der Waals surface area contributed by atoms with Crippen molar-refractivity contribution in [1.82, 2.24) is 0 Å². The molecule has 0 saturated heterocycles. The number of aryl methyl sites for hydroxylation is 3. The second kappa shape index (κ2) is 7.33. The molecule has 1 atom stereocenters. The third-order valence-corrected chi connectivity index (χ3v) is 4.79. The van der Waals surface area contributed by atoms with Gasteiger partial charge in [-0.15, -0.1) is 0 Å². The van der Waals surface area contributed by atoms with Gasteiger partial charge in [-0.25, -0.2) is 0 Å². The zero-order chi connectivity index (χ0) is 17.1. The number of hydrogen-bond donors (Lipinski definition) is 0. The summed E-state index contributed by atoms with van der Waals surface area (Å²) in [4.78, 5) is 13.1. The Bertz CT molecular complexity index is 598. The van der Waals surface area contributed by atoms with Crippen molar-refractivity contribution < 1.29 is 9.53 Å². The molecule has 0 saturated carbocycles. The minimum absolute atomic E-state index is 0.0793. The number of Topliss-reactive ketones (excluding diaryl/α,β-unsaturated/α-hetero) is 1. The second-order valence-corrected chi connectivity index (χ2v) is 7.06. The molecule has 1 aliphatic rings. The standard InChI is InChI=1S/C21H30O2/c1-7-15-10-14(5)11-16(8-2)19(15)20-18(23-6)12-17(21(20)22)9-13(3)4/h10-11,13,17H,7-9,12H2,1-6H3. The van der Waals surface area contributed by atoms with E-state index in [2.05, 4.69) is 46.8 Å². The van der Waals surface area contributed by atoms with Crippen molar-refractivity contribution in [3.05, 3.63) is 40.1 Å². The lowest BCUT2D eigenvalue weighted by Gasteiger charge is -2.17. The van der Waals surface area contributed by atoms with Gasteiger partial charge in [-0.2, -0.15) is 0 Å². The molecule has 0 bridgehead atoms. The molecular formula is C21H30O2. The van der Waals surface area contributed by atoms with Crippen LogP contribution in [0.4, 0.5) is 0 Å². The van der Waals surface area contributed by atoms with Crippen LogP contribution in [0.3, 0.4) is 0 Å². The lowest BCUT2D eigenvalue weighted by atomic mass is 9.86. The van der Waals surface area contributed by atoms with Gasteiger partial charge in [0.15, 0.2) is 5.78 Å². The van der Waals surface area contributed by atoms with Crippen molar-refractivity contribution in [3.63, 3.8) is 0 Å². The highest BCUT2D eigenvalue weighted by molar-refractivity contribution is 6.25. The number of carbonyl (C=O) groups is 1. The maximum Gasteiger partial charge on any atom is 0.170 e. The normalized spacial score (nSPS) is 18.2. The van der Waals surface area contributed by atoms with Crippen molar-refractivity contribution >= 4 is 11.4 Å². The van der Waals surface area contributed by atoms with Crippen molar-refractivity contribution in [2.45, 2.75) is 60.3 Å². The van der Waals surface area contributed by atoms with Crippen LogP contribution in [-0.4, -0.2) is 12.9 Å². The Morgan fingerprint density at radius 1 is 1.17 bits per heavy atom. The van der Waals surface area contributed by atoms with Gasteiger partial charge in [0.2, 0.25) is 0 Å². The Hall–Kier alpha value is -1.57. The van der Waals surface area contributed by atoms with Crippen LogP contribution in [0.1, 0.15) is 62.8 Å². The minimum atomic E-state index is 0.0793. The van der Waals surface area contributed by atoms with Gasteiger partial charge in [0, 0.05) is 12.3 Å². The summed E-state index contributed by atoms with van der Waals surface area (Å²) in [6.45, 7) is 10.8. The fraction of sp³-hybridized carbons (Fsp3) is 0.571. The summed E-state index contributed by atoms with van der Waals surface area (Å²) in [6, 6.07) is 4.44. The molecule has 0 fully saturated rings. The fourth-order valence-corrected chi connectivity index (χ4v) is 3.79. The molecule has 0 heterocycles. The van der Waals surface area contributed by atoms with Crippen molar-refractivity contribution in [2.75, 3.05) is 7.11 Å². The molecule has 0 radical (unpaired) electrons. The van der Waals surface area contributed by atoms with Gasteiger partial charge in [0.1, 0.15) is 5.76 Å². The fourth-order valence-electron chi connectivity index (χ4n) is 3.79. The predicted molar refractivity (Wildman–Crippen MR) is 96.4 cm³/mol. The molecule has 0 N–H and O–H groups in total. The summed E-state index contributed by atoms with van der Waals surface area (Å²) in [5.74, 6) is 1.77. The first-order valence-corrected chi connectivity index (χ1v) is 8.86. The quantitative estimate of drug-likeness (QED) is 0.729. The summed E-state index contributed by atoms with van der Waals surface area (Å²) in [7, 11) is 1.70. The first-order chi connectivity index (χ1) is 10.9. The molecule has 0 amide bonds. The van der Waals surface area contributed by atoms with Gasteiger partial charge >= 0.3 is 0 Å². The summed E-state index contributed by atoms with van der Waals surface area (Å²) in [5.41, 5.74) is 5.81. The van der Waals surface area contributed by atoms with E-state index in [-0.39, 0.29) is 11.7 Å². The Kier molecular flexibility index (Phi) is 5.67. The van der Waals surface area contributed by atoms with Crippen LogP contribution >= 0.6 is 0 Å². The molecular weight excluding hydrogens is 284 g/mol. The zero-order valence-corrected chi connectivity index (χ0v) is 15.5. The molecule has 1 aliphatic carbocycles. The maximum atomic E-state index is 13.1. The summed E-state index contributed by atoms with van der Waals surface area (Å²) in [5, 5.41) is 0. The number of rotatable bonds is 6. The monoisotopic (exact) mass is 314 g/mol. The van der Waals surface area contributed by atoms with Crippen molar-refractivity contribution in [2.24, 2.45) is 11.8 Å². The number of benzene rings is 1. The van der Waals surface area contributed by atoms with E-state index in [4.69, 9.17) is 4.74 Å². The van der Waals surface area contributed by atoms with E-state index < -0.39 is 0 Å². The van der Waals surface area contributed by atoms with E-state index in [1.165, 1.54) is 16.7 Å². The third-order valence-electron chi connectivity index (χ3n) is 4.79. The summed E-state index contributed by atoms with van der Waals surface area (Å²) < 4.78 is 5.65. The van der Waals surface area contributed by atoms with Gasteiger partial charge < -0.3 is 4.74 Å². The van der Waals surface area contributed by atoms with E-state index in [0.717, 1.165) is 42.6 Å². The lowest BCUT2D eigenvalue weighted by molar-refractivity contribution is -0.117. The van der Waals surface area contributed by atoms with Crippen molar-refractivity contribution in [1.29, 1.82) is 0 Å². The third kappa shape index (κ3) is 3.52. The highest BCUT2D eigenvalue weighted by Crippen LogP contribution is 2.41. The molecule has 1 aromatic rings. The Morgan fingerprint density at radius 2 is 1.74 bits per heavy atom. The van der Waals surface area contributed by atoms with Crippen LogP contribution in [0.15, 0.2) is 17.9 Å². The first-order valence-electron chi connectivity index (χ1n) is 8.86. The molecule has 126 valence electrons. The molecule has 2 nitrogen and oxygen atoms in total. The number of methoxy groups -OCH3 is 1. The summed E-state index contributed by atoms with van der Waals surface area (Å²) in [6.07, 6.45) is 3.56. The van der Waals surface area contributed by atoms with Gasteiger partial charge in [-0.05, 0) is 48.8 Å². The Morgan fingerprint density at radius 3 is 2.17 bits per heavy atom. The van der Waals surface area contributed by atoms with E-state index in [9.17, 15) is 4.79 Å². The van der Waals surface area contributed by atoms with Gasteiger partial charge in [-0.3, -0.25) is 4.79 Å². The van der Waals surface area contributed by atoms with Gasteiger partial charge in [0.05, 0.1) is 12.7 Å². The van der Waals surface area contributed by atoms with Crippen LogP contribution in [0.5, 0.6) is 0 Å². The predicted octanol–water partition coefficient (Wildman–Crippen LogP) is 5.11. The van der Waals surface area contributed by atoms with Crippen LogP contribution in [0, 0.1) is 18.8 Å². The SMILES string of the molecule is CCc1cc(C)cc(CC)c1C1=C(OC)CC(CC(C)C)C1=O. The molecule has 2 heteroatoms.